The third-order valence-electron chi connectivity index (χ3n) is 5.56. The summed E-state index contributed by atoms with van der Waals surface area (Å²) in [6.07, 6.45) is -0.816. The van der Waals surface area contributed by atoms with Crippen LogP contribution in [0, 0.1) is 6.92 Å². The third-order valence-corrected chi connectivity index (χ3v) is 6.45. The molecule has 5 nitrogen and oxygen atoms in total. The van der Waals surface area contributed by atoms with E-state index in [9.17, 15) is 9.59 Å². The molecule has 0 spiro atoms. The van der Waals surface area contributed by atoms with Gasteiger partial charge in [0.2, 0.25) is 0 Å². The molecule has 2 heterocycles. The number of ether oxygens (including phenoxy) is 1. The molecule has 0 saturated carbocycles. The Morgan fingerprint density at radius 2 is 1.61 bits per heavy atom. The van der Waals surface area contributed by atoms with E-state index < -0.39 is 12.1 Å². The molecular weight excluding hydrogens is 408 g/mol. The van der Waals surface area contributed by atoms with Crippen molar-refractivity contribution in [3.05, 3.63) is 76.5 Å². The van der Waals surface area contributed by atoms with Gasteiger partial charge in [0.15, 0.2) is 6.10 Å². The lowest BCUT2D eigenvalue weighted by Gasteiger charge is -2.37. The van der Waals surface area contributed by atoms with Crippen LogP contribution in [0.3, 0.4) is 0 Å². The predicted octanol–water partition coefficient (Wildman–Crippen LogP) is 4.62. The second-order valence-electron chi connectivity index (χ2n) is 7.72. The quantitative estimate of drug-likeness (QED) is 0.550. The summed E-state index contributed by atoms with van der Waals surface area (Å²) >= 11 is 1.34. The highest BCUT2D eigenvalue weighted by Crippen LogP contribution is 2.29. The first-order valence-electron chi connectivity index (χ1n) is 10.5. The molecule has 160 valence electrons. The summed E-state index contributed by atoms with van der Waals surface area (Å²) < 4.78 is 5.57. The van der Waals surface area contributed by atoms with E-state index in [1.807, 2.05) is 60.8 Å². The number of anilines is 1. The topological polar surface area (TPSA) is 49.9 Å². The number of thiophene rings is 1. The van der Waals surface area contributed by atoms with Crippen molar-refractivity contribution in [1.29, 1.82) is 0 Å². The number of rotatable bonds is 5. The van der Waals surface area contributed by atoms with Crippen LogP contribution in [0.2, 0.25) is 0 Å². The molecule has 6 heteroatoms. The molecule has 1 saturated heterocycles. The summed E-state index contributed by atoms with van der Waals surface area (Å²) in [7, 11) is 0. The molecule has 1 fully saturated rings. The van der Waals surface area contributed by atoms with Gasteiger partial charge < -0.3 is 14.5 Å². The van der Waals surface area contributed by atoms with E-state index >= 15 is 0 Å². The molecule has 0 radical (unpaired) electrons. The molecule has 1 atom stereocenters. The van der Waals surface area contributed by atoms with Crippen LogP contribution in [0.5, 0.6) is 0 Å². The van der Waals surface area contributed by atoms with E-state index in [4.69, 9.17) is 4.74 Å². The zero-order valence-electron chi connectivity index (χ0n) is 17.8. The largest absolute Gasteiger partial charge is 0.448 e. The molecule has 0 bridgehead atoms. The van der Waals surface area contributed by atoms with Gasteiger partial charge in [-0.25, -0.2) is 4.79 Å². The van der Waals surface area contributed by atoms with Gasteiger partial charge in [-0.05, 0) is 43.0 Å². The Balaban J connectivity index is 1.36. The molecule has 0 aliphatic carbocycles. The van der Waals surface area contributed by atoms with Crippen molar-refractivity contribution >= 4 is 28.9 Å². The van der Waals surface area contributed by atoms with Crippen LogP contribution in [0.1, 0.15) is 22.2 Å². The van der Waals surface area contributed by atoms with Crippen molar-refractivity contribution in [1.82, 2.24) is 4.90 Å². The summed E-state index contributed by atoms with van der Waals surface area (Å²) in [6.45, 7) is 6.44. The van der Waals surface area contributed by atoms with Crippen molar-refractivity contribution in [2.45, 2.75) is 20.0 Å². The number of amides is 1. The SMILES string of the molecule is Cc1ccc(-c2ccsc2C(=O)OC(C)C(=O)N2CCN(c3ccccc3)CC2)cc1. The van der Waals surface area contributed by atoms with Crippen molar-refractivity contribution in [2.24, 2.45) is 0 Å². The monoisotopic (exact) mass is 434 g/mol. The van der Waals surface area contributed by atoms with E-state index in [0.29, 0.717) is 18.0 Å². The van der Waals surface area contributed by atoms with E-state index in [-0.39, 0.29) is 5.91 Å². The Hall–Kier alpha value is -3.12. The van der Waals surface area contributed by atoms with Gasteiger partial charge in [0.25, 0.3) is 5.91 Å². The number of piperazine rings is 1. The molecule has 2 aromatic carbocycles. The fourth-order valence-corrected chi connectivity index (χ4v) is 4.57. The average molecular weight is 435 g/mol. The predicted molar refractivity (Wildman–Crippen MR) is 125 cm³/mol. The van der Waals surface area contributed by atoms with Gasteiger partial charge in [0, 0.05) is 37.4 Å². The van der Waals surface area contributed by atoms with Crippen LogP contribution < -0.4 is 4.90 Å². The minimum atomic E-state index is -0.816. The standard InChI is InChI=1S/C25H26N2O3S/c1-18-8-10-20(11-9-18)22-12-17-31-23(22)25(29)30-19(2)24(28)27-15-13-26(14-16-27)21-6-4-3-5-7-21/h3-12,17,19H,13-16H2,1-2H3. The first-order chi connectivity index (χ1) is 15.0. The number of hydrogen-bond acceptors (Lipinski definition) is 5. The summed E-state index contributed by atoms with van der Waals surface area (Å²) in [4.78, 5) is 30.3. The van der Waals surface area contributed by atoms with Crippen molar-refractivity contribution in [3.8, 4) is 11.1 Å². The van der Waals surface area contributed by atoms with Crippen LogP contribution in [0.4, 0.5) is 5.69 Å². The Bertz CT molecular complexity index is 1040. The van der Waals surface area contributed by atoms with Gasteiger partial charge in [-0.1, -0.05) is 48.0 Å². The van der Waals surface area contributed by atoms with Crippen LogP contribution in [0.25, 0.3) is 11.1 Å². The number of hydrogen-bond donors (Lipinski definition) is 0. The van der Waals surface area contributed by atoms with Gasteiger partial charge in [0.1, 0.15) is 4.88 Å². The lowest BCUT2D eigenvalue weighted by Crippen LogP contribution is -2.51. The minimum Gasteiger partial charge on any atom is -0.448 e. The number of carbonyl (C=O) groups is 2. The van der Waals surface area contributed by atoms with Gasteiger partial charge in [-0.3, -0.25) is 4.79 Å². The Morgan fingerprint density at radius 1 is 0.935 bits per heavy atom. The lowest BCUT2D eigenvalue weighted by molar-refractivity contribution is -0.140. The van der Waals surface area contributed by atoms with Crippen LogP contribution in [0.15, 0.2) is 66.0 Å². The van der Waals surface area contributed by atoms with E-state index in [1.54, 1.807) is 11.8 Å². The van der Waals surface area contributed by atoms with E-state index in [1.165, 1.54) is 11.3 Å². The molecule has 31 heavy (non-hydrogen) atoms. The molecular formula is C25H26N2O3S. The summed E-state index contributed by atoms with van der Waals surface area (Å²) in [6, 6.07) is 20.1. The number of para-hydroxylation sites is 1. The van der Waals surface area contributed by atoms with Crippen molar-refractivity contribution < 1.29 is 14.3 Å². The van der Waals surface area contributed by atoms with Gasteiger partial charge in [0.05, 0.1) is 0 Å². The Labute approximate surface area is 186 Å². The van der Waals surface area contributed by atoms with Gasteiger partial charge in [-0.15, -0.1) is 11.3 Å². The average Bonchev–Trinajstić information content (AvgIpc) is 3.30. The highest BCUT2D eigenvalue weighted by molar-refractivity contribution is 7.12. The second-order valence-corrected chi connectivity index (χ2v) is 8.64. The Kier molecular flexibility index (Phi) is 6.37. The number of nitrogens with zero attached hydrogens (tertiary/aromatic N) is 2. The van der Waals surface area contributed by atoms with Crippen LogP contribution in [-0.4, -0.2) is 49.1 Å². The summed E-state index contributed by atoms with van der Waals surface area (Å²) in [5, 5.41) is 1.88. The molecule has 1 amide bonds. The molecule has 0 N–H and O–H groups in total. The van der Waals surface area contributed by atoms with Crippen LogP contribution >= 0.6 is 11.3 Å². The third kappa shape index (κ3) is 4.80. The minimum absolute atomic E-state index is 0.144. The zero-order valence-corrected chi connectivity index (χ0v) is 18.6. The summed E-state index contributed by atoms with van der Waals surface area (Å²) in [5.74, 6) is -0.594. The normalized spacial score (nSPS) is 14.9. The molecule has 1 unspecified atom stereocenters. The molecule has 1 aliphatic rings. The number of carbonyl (C=O) groups excluding carboxylic acids is 2. The summed E-state index contributed by atoms with van der Waals surface area (Å²) in [5.41, 5.74) is 4.13. The maximum atomic E-state index is 12.9. The molecule has 4 rings (SSSR count). The highest BCUT2D eigenvalue weighted by Gasteiger charge is 2.28. The molecule has 1 aromatic heterocycles. The number of benzene rings is 2. The maximum absolute atomic E-state index is 12.9. The fraction of sp³-hybridized carbons (Fsp3) is 0.280. The zero-order chi connectivity index (χ0) is 21.8. The van der Waals surface area contributed by atoms with Crippen LogP contribution in [-0.2, 0) is 9.53 Å². The maximum Gasteiger partial charge on any atom is 0.349 e. The molecule has 3 aromatic rings. The van der Waals surface area contributed by atoms with E-state index in [2.05, 4.69) is 17.0 Å². The van der Waals surface area contributed by atoms with Gasteiger partial charge in [-0.2, -0.15) is 0 Å². The fourth-order valence-electron chi connectivity index (χ4n) is 3.77. The van der Waals surface area contributed by atoms with Crippen molar-refractivity contribution in [3.63, 3.8) is 0 Å². The highest BCUT2D eigenvalue weighted by atomic mass is 32.1. The Morgan fingerprint density at radius 3 is 2.29 bits per heavy atom. The van der Waals surface area contributed by atoms with E-state index in [0.717, 1.165) is 35.5 Å². The molecule has 1 aliphatic heterocycles. The van der Waals surface area contributed by atoms with Crippen molar-refractivity contribution in [2.75, 3.05) is 31.1 Å². The smallest absolute Gasteiger partial charge is 0.349 e. The van der Waals surface area contributed by atoms with Gasteiger partial charge >= 0.3 is 5.97 Å². The number of aryl methyl sites for hydroxylation is 1. The second kappa shape index (κ2) is 9.35. The first-order valence-corrected chi connectivity index (χ1v) is 11.3. The number of esters is 1. The lowest BCUT2D eigenvalue weighted by atomic mass is 10.1. The first kappa shape index (κ1) is 21.1.